The van der Waals surface area contributed by atoms with E-state index >= 15 is 0 Å². The number of benzene rings is 2. The van der Waals surface area contributed by atoms with Crippen LogP contribution in [0.1, 0.15) is 25.0 Å². The van der Waals surface area contributed by atoms with Gasteiger partial charge >= 0.3 is 0 Å². The summed E-state index contributed by atoms with van der Waals surface area (Å²) in [4.78, 5) is 10.3. The van der Waals surface area contributed by atoms with Gasteiger partial charge in [-0.15, -0.1) is 5.06 Å². The van der Waals surface area contributed by atoms with Gasteiger partial charge in [0, 0.05) is 30.2 Å². The number of hydrogen-bond acceptors (Lipinski definition) is 5. The summed E-state index contributed by atoms with van der Waals surface area (Å²) in [5.41, 5.74) is 0.217. The van der Waals surface area contributed by atoms with E-state index in [1.54, 1.807) is 13.8 Å². The number of hydrogen-bond donors (Lipinski definition) is 1. The van der Waals surface area contributed by atoms with Crippen LogP contribution < -0.4 is 0 Å². The molecule has 1 heterocycles. The van der Waals surface area contributed by atoms with Crippen molar-refractivity contribution >= 4 is 11.4 Å². The molecule has 3 rings (SSSR count). The Kier molecular flexibility index (Phi) is 3.82. The Morgan fingerprint density at radius 2 is 1.75 bits per heavy atom. The Morgan fingerprint density at radius 3 is 2.29 bits per heavy atom. The molecular weight excluding hydrogens is 310 g/mol. The number of nitro groups is 1. The monoisotopic (exact) mass is 327 g/mol. The molecular formula is C17H17N3O4. The number of non-ortho nitro benzene ring substituents is 1. The van der Waals surface area contributed by atoms with Crippen LogP contribution in [-0.4, -0.2) is 31.7 Å². The van der Waals surface area contributed by atoms with E-state index in [-0.39, 0.29) is 5.69 Å². The second-order valence-electron chi connectivity index (χ2n) is 5.89. The molecule has 0 saturated heterocycles. The lowest BCUT2D eigenvalue weighted by atomic mass is 10.0. The summed E-state index contributed by atoms with van der Waals surface area (Å²) >= 11 is 0. The average Bonchev–Trinajstić information content (AvgIpc) is 2.77. The molecule has 7 heteroatoms. The first-order chi connectivity index (χ1) is 11.4. The first-order valence-electron chi connectivity index (χ1n) is 7.50. The third kappa shape index (κ3) is 2.26. The topological polar surface area (TPSA) is 92.7 Å². The molecule has 0 bridgehead atoms. The molecule has 124 valence electrons. The highest BCUT2D eigenvalue weighted by molar-refractivity contribution is 6.01. The van der Waals surface area contributed by atoms with Gasteiger partial charge in [-0.05, 0) is 31.2 Å². The Hall–Kier alpha value is -2.77. The third-order valence-corrected chi connectivity index (χ3v) is 4.52. The van der Waals surface area contributed by atoms with Gasteiger partial charge < -0.3 is 10.4 Å². The van der Waals surface area contributed by atoms with Crippen LogP contribution in [0, 0.1) is 15.3 Å². The van der Waals surface area contributed by atoms with E-state index < -0.39 is 16.6 Å². The van der Waals surface area contributed by atoms with Crippen LogP contribution in [0.25, 0.3) is 0 Å². The van der Waals surface area contributed by atoms with E-state index in [0.29, 0.717) is 11.3 Å². The standard InChI is InChI=1S/C17H17N3O4/c1-12-16(13-6-4-3-5-7-13)19(22)17(2,18(12)21)14-8-10-15(11-9-14)20(23)24/h3-12,21H,1-2H3/t12-,17+/m0/s1. The van der Waals surface area contributed by atoms with Crippen LogP contribution in [0.4, 0.5) is 5.69 Å². The molecule has 0 fully saturated rings. The minimum atomic E-state index is -1.36. The van der Waals surface area contributed by atoms with E-state index in [0.717, 1.165) is 15.4 Å². The minimum absolute atomic E-state index is 0.0670. The Balaban J connectivity index is 2.12. The van der Waals surface area contributed by atoms with E-state index in [2.05, 4.69) is 0 Å². The first-order valence-corrected chi connectivity index (χ1v) is 7.50. The molecule has 7 nitrogen and oxygen atoms in total. The molecule has 0 aromatic heterocycles. The van der Waals surface area contributed by atoms with Gasteiger partial charge in [0.2, 0.25) is 5.71 Å². The molecule has 0 spiro atoms. The van der Waals surface area contributed by atoms with Crippen LogP contribution in [0.2, 0.25) is 0 Å². The second kappa shape index (κ2) is 5.70. The van der Waals surface area contributed by atoms with Crippen molar-refractivity contribution in [2.45, 2.75) is 25.6 Å². The molecule has 0 radical (unpaired) electrons. The van der Waals surface area contributed by atoms with Gasteiger partial charge in [0.1, 0.15) is 6.04 Å². The highest BCUT2D eigenvalue weighted by atomic mass is 16.6. The van der Waals surface area contributed by atoms with Crippen LogP contribution >= 0.6 is 0 Å². The fourth-order valence-corrected chi connectivity index (χ4v) is 3.11. The maximum Gasteiger partial charge on any atom is 0.274 e. The van der Waals surface area contributed by atoms with Gasteiger partial charge in [0.25, 0.3) is 11.4 Å². The highest BCUT2D eigenvalue weighted by Crippen LogP contribution is 2.36. The van der Waals surface area contributed by atoms with Gasteiger partial charge in [-0.1, -0.05) is 18.2 Å². The summed E-state index contributed by atoms with van der Waals surface area (Å²) in [6.45, 7) is 3.33. The summed E-state index contributed by atoms with van der Waals surface area (Å²) in [6.07, 6.45) is 0. The van der Waals surface area contributed by atoms with E-state index in [1.807, 2.05) is 30.3 Å². The summed E-state index contributed by atoms with van der Waals surface area (Å²) in [7, 11) is 0. The van der Waals surface area contributed by atoms with Crippen LogP contribution in [0.5, 0.6) is 0 Å². The number of rotatable bonds is 3. The molecule has 0 aliphatic carbocycles. The molecule has 1 N–H and O–H groups in total. The van der Waals surface area contributed by atoms with Gasteiger partial charge in [0.15, 0.2) is 0 Å². The normalized spacial score (nSPS) is 24.4. The lowest BCUT2D eigenvalue weighted by Gasteiger charge is -2.29. The van der Waals surface area contributed by atoms with E-state index in [1.165, 1.54) is 24.3 Å². The minimum Gasteiger partial charge on any atom is -0.622 e. The second-order valence-corrected chi connectivity index (χ2v) is 5.89. The highest BCUT2D eigenvalue weighted by Gasteiger charge is 2.54. The Bertz CT molecular complexity index is 804. The van der Waals surface area contributed by atoms with Crippen LogP contribution in [0.3, 0.4) is 0 Å². The summed E-state index contributed by atoms with van der Waals surface area (Å²) in [6, 6.07) is 14.2. The third-order valence-electron chi connectivity index (χ3n) is 4.52. The predicted molar refractivity (Wildman–Crippen MR) is 87.7 cm³/mol. The maximum absolute atomic E-state index is 13.0. The molecule has 24 heavy (non-hydrogen) atoms. The molecule has 2 aromatic rings. The van der Waals surface area contributed by atoms with E-state index in [9.17, 15) is 20.5 Å². The summed E-state index contributed by atoms with van der Waals surface area (Å²) in [5, 5.41) is 35.4. The van der Waals surface area contributed by atoms with Crippen molar-refractivity contribution in [1.82, 2.24) is 5.06 Å². The van der Waals surface area contributed by atoms with Crippen molar-refractivity contribution in [2.75, 3.05) is 0 Å². The van der Waals surface area contributed by atoms with Crippen LogP contribution in [0.15, 0.2) is 54.6 Å². The van der Waals surface area contributed by atoms with Crippen molar-refractivity contribution in [1.29, 1.82) is 0 Å². The molecule has 0 saturated carbocycles. The Morgan fingerprint density at radius 1 is 1.17 bits per heavy atom. The zero-order valence-corrected chi connectivity index (χ0v) is 13.3. The molecule has 0 amide bonds. The average molecular weight is 327 g/mol. The van der Waals surface area contributed by atoms with Crippen molar-refractivity contribution in [3.8, 4) is 0 Å². The van der Waals surface area contributed by atoms with Crippen molar-refractivity contribution in [3.05, 3.63) is 81.0 Å². The molecule has 2 atom stereocenters. The van der Waals surface area contributed by atoms with Crippen molar-refractivity contribution < 1.29 is 14.9 Å². The van der Waals surface area contributed by atoms with E-state index in [4.69, 9.17) is 0 Å². The SMILES string of the molecule is C[C@H]1C(c2ccccc2)=[N+]([O-])[C@](C)(c2ccc([N+](=O)[O-])cc2)N1O. The number of hydroxylamine groups is 3. The van der Waals surface area contributed by atoms with Crippen LogP contribution in [-0.2, 0) is 5.66 Å². The van der Waals surface area contributed by atoms with Crippen molar-refractivity contribution in [2.24, 2.45) is 0 Å². The van der Waals surface area contributed by atoms with Crippen molar-refractivity contribution in [3.63, 3.8) is 0 Å². The zero-order chi connectivity index (χ0) is 17.5. The van der Waals surface area contributed by atoms with Gasteiger partial charge in [-0.3, -0.25) is 10.1 Å². The quantitative estimate of drug-likeness (QED) is 0.405. The molecule has 1 aliphatic heterocycles. The fourth-order valence-electron chi connectivity index (χ4n) is 3.11. The summed E-state index contributed by atoms with van der Waals surface area (Å²) < 4.78 is 0.772. The summed E-state index contributed by atoms with van der Waals surface area (Å²) in [5.74, 6) is 0. The van der Waals surface area contributed by atoms with Gasteiger partial charge in [-0.25, -0.2) is 0 Å². The number of nitro benzene ring substituents is 1. The fraction of sp³-hybridized carbons (Fsp3) is 0.235. The molecule has 0 unspecified atom stereocenters. The van der Waals surface area contributed by atoms with Gasteiger partial charge in [-0.2, -0.15) is 4.74 Å². The number of nitrogens with zero attached hydrogens (tertiary/aromatic N) is 3. The Labute approximate surface area is 138 Å². The molecule has 1 aliphatic rings. The lowest BCUT2D eigenvalue weighted by Crippen LogP contribution is -2.45. The predicted octanol–water partition coefficient (Wildman–Crippen LogP) is 2.86. The largest absolute Gasteiger partial charge is 0.622 e. The molecule has 2 aromatic carbocycles. The smallest absolute Gasteiger partial charge is 0.274 e. The zero-order valence-electron chi connectivity index (χ0n) is 13.3. The first kappa shape index (κ1) is 16.1. The maximum atomic E-state index is 13.0. The lowest BCUT2D eigenvalue weighted by molar-refractivity contribution is -0.595. The van der Waals surface area contributed by atoms with Gasteiger partial charge in [0.05, 0.1) is 4.92 Å².